The minimum atomic E-state index is 0.250. The van der Waals surface area contributed by atoms with Gasteiger partial charge in [-0.3, -0.25) is 4.90 Å². The average Bonchev–Trinajstić information content (AvgIpc) is 2.17. The lowest BCUT2D eigenvalue weighted by molar-refractivity contribution is -0.0722. The van der Waals surface area contributed by atoms with Crippen LogP contribution in [0.25, 0.3) is 0 Å². The van der Waals surface area contributed by atoms with Crippen molar-refractivity contribution >= 4 is 0 Å². The molecule has 0 radical (unpaired) electrons. The highest BCUT2D eigenvalue weighted by molar-refractivity contribution is 4.75. The maximum absolute atomic E-state index is 5.71. The van der Waals surface area contributed by atoms with Gasteiger partial charge in [0.05, 0.1) is 12.2 Å². The van der Waals surface area contributed by atoms with Crippen LogP contribution in [0.3, 0.4) is 0 Å². The largest absolute Gasteiger partial charge is 0.371 e. The molecule has 0 aliphatic carbocycles. The van der Waals surface area contributed by atoms with Crippen LogP contribution in [0.1, 0.15) is 33.1 Å². The highest BCUT2D eigenvalue weighted by Gasteiger charge is 2.23. The van der Waals surface area contributed by atoms with Crippen LogP contribution in [-0.2, 0) is 4.74 Å². The molecular weight excluding hydrogens is 176 g/mol. The van der Waals surface area contributed by atoms with Crippen LogP contribution < -0.4 is 5.73 Å². The maximum Gasteiger partial charge on any atom is 0.0828 e. The molecule has 84 valence electrons. The van der Waals surface area contributed by atoms with Crippen LogP contribution >= 0.6 is 0 Å². The lowest BCUT2D eigenvalue weighted by Crippen LogP contribution is -2.49. The van der Waals surface area contributed by atoms with Gasteiger partial charge in [-0.05, 0) is 19.9 Å². The fourth-order valence-electron chi connectivity index (χ4n) is 2.04. The molecule has 3 nitrogen and oxygen atoms in total. The zero-order chi connectivity index (χ0) is 10.4. The molecule has 1 rings (SSSR count). The number of morpholine rings is 1. The standard InChI is InChI=1S/C11H24N2O/c1-3-4-5-6-13-8-10(2)14-11(7-12)9-13/h10-11H,3-9,12H2,1-2H3. The Balaban J connectivity index is 2.23. The molecule has 0 aromatic carbocycles. The predicted octanol–water partition coefficient (Wildman–Crippen LogP) is 1.22. The molecule has 2 unspecified atom stereocenters. The molecule has 1 aliphatic rings. The van der Waals surface area contributed by atoms with E-state index in [2.05, 4.69) is 18.7 Å². The summed E-state index contributed by atoms with van der Waals surface area (Å²) in [4.78, 5) is 2.49. The summed E-state index contributed by atoms with van der Waals surface area (Å²) < 4.78 is 5.71. The van der Waals surface area contributed by atoms with Crippen molar-refractivity contribution in [1.29, 1.82) is 0 Å². The fourth-order valence-corrected chi connectivity index (χ4v) is 2.04. The summed E-state index contributed by atoms with van der Waals surface area (Å²) in [6.45, 7) is 8.32. The van der Waals surface area contributed by atoms with E-state index in [9.17, 15) is 0 Å². The highest BCUT2D eigenvalue weighted by Crippen LogP contribution is 2.11. The Labute approximate surface area is 87.6 Å². The normalized spacial score (nSPS) is 29.4. The topological polar surface area (TPSA) is 38.5 Å². The number of hydrogen-bond donors (Lipinski definition) is 1. The summed E-state index contributed by atoms with van der Waals surface area (Å²) >= 11 is 0. The second-order valence-corrected chi connectivity index (χ2v) is 4.27. The number of nitrogens with zero attached hydrogens (tertiary/aromatic N) is 1. The monoisotopic (exact) mass is 200 g/mol. The smallest absolute Gasteiger partial charge is 0.0828 e. The van der Waals surface area contributed by atoms with Gasteiger partial charge in [0.1, 0.15) is 0 Å². The Morgan fingerprint density at radius 3 is 2.79 bits per heavy atom. The lowest BCUT2D eigenvalue weighted by atomic mass is 10.2. The number of ether oxygens (including phenoxy) is 1. The van der Waals surface area contributed by atoms with Gasteiger partial charge in [-0.1, -0.05) is 19.8 Å². The van der Waals surface area contributed by atoms with Crippen molar-refractivity contribution in [2.45, 2.75) is 45.3 Å². The molecule has 0 spiro atoms. The van der Waals surface area contributed by atoms with Crippen molar-refractivity contribution < 1.29 is 4.74 Å². The Bertz CT molecular complexity index is 152. The summed E-state index contributed by atoms with van der Waals surface area (Å²) in [5, 5.41) is 0. The third-order valence-electron chi connectivity index (χ3n) is 2.74. The number of hydrogen-bond acceptors (Lipinski definition) is 3. The summed E-state index contributed by atoms with van der Waals surface area (Å²) in [6, 6.07) is 0. The summed E-state index contributed by atoms with van der Waals surface area (Å²) in [5.74, 6) is 0. The molecule has 1 aliphatic heterocycles. The molecular formula is C11H24N2O. The first-order chi connectivity index (χ1) is 6.76. The van der Waals surface area contributed by atoms with Crippen molar-refractivity contribution in [3.63, 3.8) is 0 Å². The SMILES string of the molecule is CCCCCN1CC(C)OC(CN)C1. The second-order valence-electron chi connectivity index (χ2n) is 4.27. The van der Waals surface area contributed by atoms with E-state index in [-0.39, 0.29) is 6.10 Å². The molecule has 0 aromatic heterocycles. The number of unbranched alkanes of at least 4 members (excludes halogenated alkanes) is 2. The van der Waals surface area contributed by atoms with Gasteiger partial charge >= 0.3 is 0 Å². The molecule has 0 saturated carbocycles. The average molecular weight is 200 g/mol. The maximum atomic E-state index is 5.71. The zero-order valence-electron chi connectivity index (χ0n) is 9.54. The zero-order valence-corrected chi connectivity index (χ0v) is 9.54. The van der Waals surface area contributed by atoms with Crippen molar-refractivity contribution in [3.05, 3.63) is 0 Å². The first-order valence-corrected chi connectivity index (χ1v) is 5.84. The van der Waals surface area contributed by atoms with Crippen molar-refractivity contribution in [2.75, 3.05) is 26.2 Å². The van der Waals surface area contributed by atoms with Gasteiger partial charge in [0.2, 0.25) is 0 Å². The summed E-state index contributed by atoms with van der Waals surface area (Å²) in [6.07, 6.45) is 4.53. The van der Waals surface area contributed by atoms with Crippen LogP contribution in [0.5, 0.6) is 0 Å². The predicted molar refractivity (Wildman–Crippen MR) is 59.4 cm³/mol. The first-order valence-electron chi connectivity index (χ1n) is 5.84. The highest BCUT2D eigenvalue weighted by atomic mass is 16.5. The van der Waals surface area contributed by atoms with Crippen LogP contribution in [0, 0.1) is 0 Å². The van der Waals surface area contributed by atoms with Crippen molar-refractivity contribution in [2.24, 2.45) is 5.73 Å². The van der Waals surface area contributed by atoms with Crippen LogP contribution in [-0.4, -0.2) is 43.3 Å². The first kappa shape index (κ1) is 12.0. The molecule has 14 heavy (non-hydrogen) atoms. The molecule has 1 saturated heterocycles. The van der Waals surface area contributed by atoms with Gasteiger partial charge in [-0.25, -0.2) is 0 Å². The van der Waals surface area contributed by atoms with Gasteiger partial charge in [0, 0.05) is 19.6 Å². The van der Waals surface area contributed by atoms with Gasteiger partial charge in [-0.2, -0.15) is 0 Å². The van der Waals surface area contributed by atoms with Gasteiger partial charge in [0.25, 0.3) is 0 Å². The van der Waals surface area contributed by atoms with Crippen molar-refractivity contribution in [3.8, 4) is 0 Å². The Kier molecular flexibility index (Phi) is 5.45. The van der Waals surface area contributed by atoms with E-state index >= 15 is 0 Å². The fraction of sp³-hybridized carbons (Fsp3) is 1.00. The Morgan fingerprint density at radius 2 is 2.14 bits per heavy atom. The van der Waals surface area contributed by atoms with Crippen LogP contribution in [0.15, 0.2) is 0 Å². The van der Waals surface area contributed by atoms with E-state index in [0.717, 1.165) is 13.1 Å². The van der Waals surface area contributed by atoms with Gasteiger partial charge in [0.15, 0.2) is 0 Å². The molecule has 2 atom stereocenters. The minimum absolute atomic E-state index is 0.250. The van der Waals surface area contributed by atoms with Crippen LogP contribution in [0.4, 0.5) is 0 Å². The molecule has 0 aromatic rings. The van der Waals surface area contributed by atoms with E-state index in [1.807, 2.05) is 0 Å². The minimum Gasteiger partial charge on any atom is -0.371 e. The molecule has 2 N–H and O–H groups in total. The quantitative estimate of drug-likeness (QED) is 0.678. The number of rotatable bonds is 5. The second kappa shape index (κ2) is 6.38. The van der Waals surface area contributed by atoms with E-state index in [1.165, 1.54) is 25.8 Å². The molecule has 0 amide bonds. The molecule has 1 heterocycles. The molecule has 0 bridgehead atoms. The van der Waals surface area contributed by atoms with Crippen LogP contribution in [0.2, 0.25) is 0 Å². The third-order valence-corrected chi connectivity index (χ3v) is 2.74. The van der Waals surface area contributed by atoms with E-state index in [4.69, 9.17) is 10.5 Å². The van der Waals surface area contributed by atoms with Crippen molar-refractivity contribution in [1.82, 2.24) is 4.90 Å². The Morgan fingerprint density at radius 1 is 1.36 bits per heavy atom. The van der Waals surface area contributed by atoms with E-state index < -0.39 is 0 Å². The van der Waals surface area contributed by atoms with Gasteiger partial charge < -0.3 is 10.5 Å². The van der Waals surface area contributed by atoms with E-state index in [1.54, 1.807) is 0 Å². The van der Waals surface area contributed by atoms with E-state index in [0.29, 0.717) is 12.6 Å². The summed E-state index contributed by atoms with van der Waals surface area (Å²) in [5.41, 5.74) is 5.63. The van der Waals surface area contributed by atoms with Gasteiger partial charge in [-0.15, -0.1) is 0 Å². The number of nitrogens with two attached hydrogens (primary N) is 1. The summed E-state index contributed by atoms with van der Waals surface area (Å²) in [7, 11) is 0. The lowest BCUT2D eigenvalue weighted by Gasteiger charge is -2.36. The molecule has 1 fully saturated rings. The molecule has 3 heteroatoms. The third kappa shape index (κ3) is 3.95. The Hall–Kier alpha value is -0.120.